The number of hydrogen-bond donors (Lipinski definition) is 1. The van der Waals surface area contributed by atoms with Gasteiger partial charge in [-0.3, -0.25) is 4.90 Å². The monoisotopic (exact) mass is 360 g/mol. The Morgan fingerprint density at radius 3 is 2.89 bits per heavy atom. The number of fused-ring (bicyclic) bond motifs is 1. The molecule has 1 N–H and O–H groups in total. The van der Waals surface area contributed by atoms with E-state index in [1.807, 2.05) is 30.5 Å². The molecule has 0 spiro atoms. The summed E-state index contributed by atoms with van der Waals surface area (Å²) in [6.45, 7) is 4.99. The van der Waals surface area contributed by atoms with Crippen LogP contribution < -0.4 is 10.1 Å². The van der Waals surface area contributed by atoms with E-state index in [9.17, 15) is 0 Å². The SMILES string of the molecule is COc1ccccc1Nc1ncc2c(n1)CCN(Cc1cccc(C)c1)C2. The van der Waals surface area contributed by atoms with Gasteiger partial charge in [0.05, 0.1) is 18.5 Å². The Bertz CT molecular complexity index is 941. The molecule has 5 heteroatoms. The number of anilines is 2. The van der Waals surface area contributed by atoms with Crippen LogP contribution >= 0.6 is 0 Å². The van der Waals surface area contributed by atoms with Crippen LogP contribution in [0.15, 0.2) is 54.7 Å². The maximum atomic E-state index is 5.38. The lowest BCUT2D eigenvalue weighted by Gasteiger charge is -2.28. The number of nitrogens with one attached hydrogen (secondary N) is 1. The van der Waals surface area contributed by atoms with Gasteiger partial charge in [0.25, 0.3) is 0 Å². The van der Waals surface area contributed by atoms with Crippen molar-refractivity contribution in [3.8, 4) is 5.75 Å². The lowest BCUT2D eigenvalue weighted by atomic mass is 10.1. The lowest BCUT2D eigenvalue weighted by molar-refractivity contribution is 0.243. The first-order valence-corrected chi connectivity index (χ1v) is 9.24. The lowest BCUT2D eigenvalue weighted by Crippen LogP contribution is -2.31. The van der Waals surface area contributed by atoms with E-state index in [2.05, 4.69) is 46.4 Å². The summed E-state index contributed by atoms with van der Waals surface area (Å²) < 4.78 is 5.38. The normalized spacial score (nSPS) is 13.9. The molecular weight excluding hydrogens is 336 g/mol. The molecule has 3 aromatic rings. The minimum Gasteiger partial charge on any atom is -0.495 e. The molecule has 138 valence electrons. The van der Waals surface area contributed by atoms with Crippen molar-refractivity contribution < 1.29 is 4.74 Å². The molecule has 27 heavy (non-hydrogen) atoms. The van der Waals surface area contributed by atoms with Crippen LogP contribution in [0, 0.1) is 6.92 Å². The first-order valence-electron chi connectivity index (χ1n) is 9.24. The fourth-order valence-electron chi connectivity index (χ4n) is 3.51. The molecule has 1 aliphatic rings. The van der Waals surface area contributed by atoms with Crippen molar-refractivity contribution in [1.29, 1.82) is 0 Å². The van der Waals surface area contributed by atoms with Crippen molar-refractivity contribution in [3.05, 3.63) is 77.1 Å². The maximum Gasteiger partial charge on any atom is 0.227 e. The summed E-state index contributed by atoms with van der Waals surface area (Å²) in [6, 6.07) is 16.5. The van der Waals surface area contributed by atoms with Crippen LogP contribution in [0.3, 0.4) is 0 Å². The molecule has 1 aromatic heterocycles. The van der Waals surface area contributed by atoms with Crippen molar-refractivity contribution in [3.63, 3.8) is 0 Å². The van der Waals surface area contributed by atoms with E-state index >= 15 is 0 Å². The number of rotatable bonds is 5. The second-order valence-corrected chi connectivity index (χ2v) is 6.94. The predicted molar refractivity (Wildman–Crippen MR) is 107 cm³/mol. The number of nitrogens with zero attached hydrogens (tertiary/aromatic N) is 3. The molecule has 4 rings (SSSR count). The van der Waals surface area contributed by atoms with Crippen molar-refractivity contribution >= 4 is 11.6 Å². The minimum atomic E-state index is 0.616. The Balaban J connectivity index is 1.46. The van der Waals surface area contributed by atoms with Gasteiger partial charge in [-0.1, -0.05) is 42.0 Å². The Labute approximate surface area is 160 Å². The van der Waals surface area contributed by atoms with Gasteiger partial charge in [-0.15, -0.1) is 0 Å². The fourth-order valence-corrected chi connectivity index (χ4v) is 3.51. The van der Waals surface area contributed by atoms with Crippen LogP contribution in [0.5, 0.6) is 5.75 Å². The van der Waals surface area contributed by atoms with E-state index < -0.39 is 0 Å². The fraction of sp³-hybridized carbons (Fsp3) is 0.273. The topological polar surface area (TPSA) is 50.3 Å². The zero-order valence-corrected chi connectivity index (χ0v) is 15.8. The number of para-hydroxylation sites is 2. The maximum absolute atomic E-state index is 5.38. The predicted octanol–water partition coefficient (Wildman–Crippen LogP) is 4.10. The minimum absolute atomic E-state index is 0.616. The molecule has 2 heterocycles. The molecule has 0 bridgehead atoms. The van der Waals surface area contributed by atoms with Crippen LogP contribution in [0.25, 0.3) is 0 Å². The highest BCUT2D eigenvalue weighted by molar-refractivity contribution is 5.62. The van der Waals surface area contributed by atoms with Gasteiger partial charge in [0, 0.05) is 37.8 Å². The number of aromatic nitrogens is 2. The summed E-state index contributed by atoms with van der Waals surface area (Å²) in [4.78, 5) is 11.7. The van der Waals surface area contributed by atoms with E-state index in [0.29, 0.717) is 5.95 Å². The number of ether oxygens (including phenoxy) is 1. The van der Waals surface area contributed by atoms with E-state index in [0.717, 1.165) is 43.2 Å². The summed E-state index contributed by atoms with van der Waals surface area (Å²) in [7, 11) is 1.66. The zero-order valence-electron chi connectivity index (χ0n) is 15.8. The highest BCUT2D eigenvalue weighted by atomic mass is 16.5. The van der Waals surface area contributed by atoms with Gasteiger partial charge in [0.1, 0.15) is 5.75 Å². The van der Waals surface area contributed by atoms with Gasteiger partial charge in [0.2, 0.25) is 5.95 Å². The molecule has 2 aromatic carbocycles. The second kappa shape index (κ2) is 7.76. The summed E-state index contributed by atoms with van der Waals surface area (Å²) in [6.07, 6.45) is 2.88. The van der Waals surface area contributed by atoms with Crippen LogP contribution in [0.4, 0.5) is 11.6 Å². The molecule has 0 atom stereocenters. The van der Waals surface area contributed by atoms with Gasteiger partial charge < -0.3 is 10.1 Å². The molecule has 1 aliphatic heterocycles. The van der Waals surface area contributed by atoms with Crippen molar-refractivity contribution in [1.82, 2.24) is 14.9 Å². The van der Waals surface area contributed by atoms with Crippen LogP contribution in [-0.4, -0.2) is 28.5 Å². The molecule has 0 fully saturated rings. The highest BCUT2D eigenvalue weighted by Crippen LogP contribution is 2.26. The van der Waals surface area contributed by atoms with E-state index in [4.69, 9.17) is 9.72 Å². The third-order valence-corrected chi connectivity index (χ3v) is 4.86. The Kier molecular flexibility index (Phi) is 5.03. The second-order valence-electron chi connectivity index (χ2n) is 6.94. The van der Waals surface area contributed by atoms with Gasteiger partial charge in [-0.25, -0.2) is 9.97 Å². The van der Waals surface area contributed by atoms with Crippen molar-refractivity contribution in [2.24, 2.45) is 0 Å². The van der Waals surface area contributed by atoms with Gasteiger partial charge >= 0.3 is 0 Å². The van der Waals surface area contributed by atoms with Gasteiger partial charge in [-0.05, 0) is 24.6 Å². The first-order chi connectivity index (χ1) is 13.2. The van der Waals surface area contributed by atoms with Crippen molar-refractivity contribution in [2.75, 3.05) is 19.0 Å². The zero-order chi connectivity index (χ0) is 18.6. The standard InChI is InChI=1S/C22H24N4O/c1-16-6-5-7-17(12-16)14-26-11-10-19-18(15-26)13-23-22(24-19)25-20-8-3-4-9-21(20)27-2/h3-9,12-13H,10-11,14-15H2,1-2H3,(H,23,24,25). The molecule has 5 nitrogen and oxygen atoms in total. The van der Waals surface area contributed by atoms with Crippen LogP contribution in [0.2, 0.25) is 0 Å². The first kappa shape index (κ1) is 17.5. The average Bonchev–Trinajstić information content (AvgIpc) is 2.68. The summed E-state index contributed by atoms with van der Waals surface area (Å²) in [5.41, 5.74) is 5.87. The Morgan fingerprint density at radius 1 is 1.15 bits per heavy atom. The highest BCUT2D eigenvalue weighted by Gasteiger charge is 2.19. The third-order valence-electron chi connectivity index (χ3n) is 4.86. The Hall–Kier alpha value is -2.92. The van der Waals surface area contributed by atoms with E-state index in [1.54, 1.807) is 7.11 Å². The van der Waals surface area contributed by atoms with Gasteiger partial charge in [0.15, 0.2) is 0 Å². The molecule has 0 saturated carbocycles. The van der Waals surface area contributed by atoms with Crippen molar-refractivity contribution in [2.45, 2.75) is 26.4 Å². The average molecular weight is 360 g/mol. The number of aryl methyl sites for hydroxylation is 1. The largest absolute Gasteiger partial charge is 0.495 e. The third kappa shape index (κ3) is 4.09. The van der Waals surface area contributed by atoms with E-state index in [-0.39, 0.29) is 0 Å². The molecule has 0 radical (unpaired) electrons. The molecule has 0 amide bonds. The van der Waals surface area contributed by atoms with E-state index in [1.165, 1.54) is 16.7 Å². The van der Waals surface area contributed by atoms with Crippen LogP contribution in [0.1, 0.15) is 22.4 Å². The summed E-state index contributed by atoms with van der Waals surface area (Å²) in [5, 5.41) is 3.27. The molecular formula is C22H24N4O. The quantitative estimate of drug-likeness (QED) is 0.742. The molecule has 0 saturated heterocycles. The van der Waals surface area contributed by atoms with Crippen LogP contribution in [-0.2, 0) is 19.5 Å². The van der Waals surface area contributed by atoms with Gasteiger partial charge in [-0.2, -0.15) is 0 Å². The number of hydrogen-bond acceptors (Lipinski definition) is 5. The molecule has 0 unspecified atom stereocenters. The summed E-state index contributed by atoms with van der Waals surface area (Å²) >= 11 is 0. The Morgan fingerprint density at radius 2 is 2.04 bits per heavy atom. The number of methoxy groups -OCH3 is 1. The number of benzene rings is 2. The summed E-state index contributed by atoms with van der Waals surface area (Å²) in [5.74, 6) is 1.40. The smallest absolute Gasteiger partial charge is 0.227 e. The molecule has 0 aliphatic carbocycles.